The second-order valence-corrected chi connectivity index (χ2v) is 4.32. The summed E-state index contributed by atoms with van der Waals surface area (Å²) in [4.78, 5) is 13.1. The van der Waals surface area contributed by atoms with E-state index < -0.39 is 0 Å². The monoisotopic (exact) mass is 246 g/mol. The second kappa shape index (κ2) is 6.77. The van der Waals surface area contributed by atoms with E-state index in [1.165, 1.54) is 12.7 Å². The van der Waals surface area contributed by atoms with Crippen LogP contribution in [0.5, 0.6) is 0 Å². The van der Waals surface area contributed by atoms with Crippen LogP contribution in [0.15, 0.2) is 18.2 Å². The smallest absolute Gasteiger partial charge is 0.306 e. The number of carbonyl (C=O) groups is 1. The lowest BCUT2D eigenvalue weighted by Gasteiger charge is -2.17. The van der Waals surface area contributed by atoms with E-state index in [9.17, 15) is 4.79 Å². The Balaban J connectivity index is 2.57. The van der Waals surface area contributed by atoms with Gasteiger partial charge in [-0.3, -0.25) is 4.79 Å². The number of carbonyl (C=O) groups excluding carboxylic acids is 1. The number of nitrogens with zero attached hydrogens (tertiary/aromatic N) is 2. The van der Waals surface area contributed by atoms with Crippen LogP contribution in [0.4, 0.5) is 0 Å². The van der Waals surface area contributed by atoms with E-state index in [1.54, 1.807) is 0 Å². The fourth-order valence-electron chi connectivity index (χ4n) is 1.70. The summed E-state index contributed by atoms with van der Waals surface area (Å²) in [6.07, 6.45) is 0.391. The molecule has 0 N–H and O–H groups in total. The summed E-state index contributed by atoms with van der Waals surface area (Å²) in [7, 11) is 3.35. The van der Waals surface area contributed by atoms with Gasteiger partial charge in [-0.2, -0.15) is 5.26 Å². The number of hydrogen-bond donors (Lipinski definition) is 0. The molecule has 0 aromatic heterocycles. The highest BCUT2D eigenvalue weighted by molar-refractivity contribution is 5.69. The Bertz CT molecular complexity index is 463. The third-order valence-corrected chi connectivity index (χ3v) is 2.84. The number of aryl methyl sites for hydroxylation is 1. The maximum atomic E-state index is 11.0. The van der Waals surface area contributed by atoms with Gasteiger partial charge < -0.3 is 9.64 Å². The minimum absolute atomic E-state index is 0.196. The van der Waals surface area contributed by atoms with E-state index in [4.69, 9.17) is 5.26 Å². The van der Waals surface area contributed by atoms with Crippen LogP contribution in [0.1, 0.15) is 23.1 Å². The van der Waals surface area contributed by atoms with Gasteiger partial charge in [-0.05, 0) is 37.2 Å². The van der Waals surface area contributed by atoms with Crippen LogP contribution in [0.25, 0.3) is 0 Å². The fourth-order valence-corrected chi connectivity index (χ4v) is 1.70. The van der Waals surface area contributed by atoms with E-state index in [0.717, 1.165) is 12.1 Å². The van der Waals surface area contributed by atoms with Crippen molar-refractivity contribution in [2.45, 2.75) is 19.9 Å². The SMILES string of the molecule is COC(=O)CCN(C)Cc1ccc(C#N)cc1C. The minimum atomic E-state index is -0.196. The Kier molecular flexibility index (Phi) is 5.34. The van der Waals surface area contributed by atoms with Crippen molar-refractivity contribution in [2.24, 2.45) is 0 Å². The molecule has 0 heterocycles. The molecule has 0 unspecified atom stereocenters. The lowest BCUT2D eigenvalue weighted by Crippen LogP contribution is -2.22. The summed E-state index contributed by atoms with van der Waals surface area (Å²) in [6, 6.07) is 7.78. The zero-order valence-electron chi connectivity index (χ0n) is 11.1. The predicted octanol–water partition coefficient (Wildman–Crippen LogP) is 1.86. The Morgan fingerprint density at radius 1 is 1.50 bits per heavy atom. The summed E-state index contributed by atoms with van der Waals surface area (Å²) >= 11 is 0. The molecule has 0 aliphatic heterocycles. The van der Waals surface area contributed by atoms with Crippen molar-refractivity contribution in [1.82, 2.24) is 4.90 Å². The van der Waals surface area contributed by atoms with Crippen molar-refractivity contribution < 1.29 is 9.53 Å². The van der Waals surface area contributed by atoms with Gasteiger partial charge in [-0.25, -0.2) is 0 Å². The second-order valence-electron chi connectivity index (χ2n) is 4.32. The van der Waals surface area contributed by atoms with E-state index in [0.29, 0.717) is 18.5 Å². The molecule has 1 aromatic carbocycles. The number of esters is 1. The van der Waals surface area contributed by atoms with Gasteiger partial charge in [-0.15, -0.1) is 0 Å². The fraction of sp³-hybridized carbons (Fsp3) is 0.429. The maximum Gasteiger partial charge on any atom is 0.306 e. The Labute approximate surface area is 108 Å². The summed E-state index contributed by atoms with van der Waals surface area (Å²) in [5.74, 6) is -0.196. The highest BCUT2D eigenvalue weighted by Gasteiger charge is 2.07. The van der Waals surface area contributed by atoms with Crippen molar-refractivity contribution in [3.63, 3.8) is 0 Å². The quantitative estimate of drug-likeness (QED) is 0.744. The maximum absolute atomic E-state index is 11.0. The van der Waals surface area contributed by atoms with Gasteiger partial charge >= 0.3 is 5.97 Å². The topological polar surface area (TPSA) is 53.3 Å². The van der Waals surface area contributed by atoms with Crippen LogP contribution < -0.4 is 0 Å². The average molecular weight is 246 g/mol. The Morgan fingerprint density at radius 2 is 2.22 bits per heavy atom. The van der Waals surface area contributed by atoms with Gasteiger partial charge in [0, 0.05) is 13.1 Å². The average Bonchev–Trinajstić information content (AvgIpc) is 2.38. The van der Waals surface area contributed by atoms with Crippen molar-refractivity contribution in [3.05, 3.63) is 34.9 Å². The molecule has 1 rings (SSSR count). The number of ether oxygens (including phenoxy) is 1. The lowest BCUT2D eigenvalue weighted by molar-refractivity contribution is -0.140. The first-order valence-electron chi connectivity index (χ1n) is 5.81. The van der Waals surface area contributed by atoms with Crippen LogP contribution in [0, 0.1) is 18.3 Å². The summed E-state index contributed by atoms with van der Waals surface area (Å²) in [5, 5.41) is 8.80. The van der Waals surface area contributed by atoms with E-state index >= 15 is 0 Å². The molecule has 4 heteroatoms. The summed E-state index contributed by atoms with van der Waals surface area (Å²) in [6.45, 7) is 3.41. The van der Waals surface area contributed by atoms with Crippen molar-refractivity contribution >= 4 is 5.97 Å². The minimum Gasteiger partial charge on any atom is -0.469 e. The Hall–Kier alpha value is -1.86. The van der Waals surface area contributed by atoms with Gasteiger partial charge in [0.2, 0.25) is 0 Å². The molecule has 0 fully saturated rings. The molecule has 0 aliphatic rings. The normalized spacial score (nSPS) is 10.2. The third kappa shape index (κ3) is 4.19. The molecule has 0 saturated carbocycles. The molecule has 0 amide bonds. The zero-order valence-corrected chi connectivity index (χ0v) is 11.1. The van der Waals surface area contributed by atoms with Gasteiger partial charge in [0.15, 0.2) is 0 Å². The van der Waals surface area contributed by atoms with Crippen LogP contribution >= 0.6 is 0 Å². The van der Waals surface area contributed by atoms with Gasteiger partial charge in [0.1, 0.15) is 0 Å². The number of methoxy groups -OCH3 is 1. The summed E-state index contributed by atoms with van der Waals surface area (Å²) < 4.78 is 4.60. The predicted molar refractivity (Wildman–Crippen MR) is 68.9 cm³/mol. The van der Waals surface area contributed by atoms with Crippen LogP contribution in [-0.2, 0) is 16.1 Å². The molecule has 1 aromatic rings. The zero-order chi connectivity index (χ0) is 13.5. The molecule has 0 atom stereocenters. The third-order valence-electron chi connectivity index (χ3n) is 2.84. The Morgan fingerprint density at radius 3 is 2.78 bits per heavy atom. The molecule has 0 bridgehead atoms. The van der Waals surface area contributed by atoms with Crippen molar-refractivity contribution in [2.75, 3.05) is 20.7 Å². The van der Waals surface area contributed by atoms with E-state index in [-0.39, 0.29) is 5.97 Å². The van der Waals surface area contributed by atoms with Crippen LogP contribution in [0.2, 0.25) is 0 Å². The first kappa shape index (κ1) is 14.2. The molecule has 0 aliphatic carbocycles. The number of rotatable bonds is 5. The van der Waals surface area contributed by atoms with Crippen LogP contribution in [0.3, 0.4) is 0 Å². The first-order valence-corrected chi connectivity index (χ1v) is 5.81. The van der Waals surface area contributed by atoms with Crippen LogP contribution in [-0.4, -0.2) is 31.6 Å². The molecule has 4 nitrogen and oxygen atoms in total. The van der Waals surface area contributed by atoms with Gasteiger partial charge in [0.25, 0.3) is 0 Å². The van der Waals surface area contributed by atoms with Gasteiger partial charge in [-0.1, -0.05) is 6.07 Å². The number of hydrogen-bond acceptors (Lipinski definition) is 4. The summed E-state index contributed by atoms with van der Waals surface area (Å²) in [5.41, 5.74) is 2.94. The molecule has 18 heavy (non-hydrogen) atoms. The largest absolute Gasteiger partial charge is 0.469 e. The van der Waals surface area contributed by atoms with E-state index in [1.807, 2.05) is 32.2 Å². The van der Waals surface area contributed by atoms with Crippen molar-refractivity contribution in [1.29, 1.82) is 5.26 Å². The molecular formula is C14H18N2O2. The number of nitriles is 1. The molecule has 0 radical (unpaired) electrons. The highest BCUT2D eigenvalue weighted by atomic mass is 16.5. The van der Waals surface area contributed by atoms with Crippen molar-refractivity contribution in [3.8, 4) is 6.07 Å². The molecule has 96 valence electrons. The van der Waals surface area contributed by atoms with Gasteiger partial charge in [0.05, 0.1) is 25.2 Å². The lowest BCUT2D eigenvalue weighted by atomic mass is 10.1. The standard InChI is InChI=1S/C14H18N2O2/c1-11-8-12(9-15)4-5-13(11)10-16(2)7-6-14(17)18-3/h4-5,8H,6-7,10H2,1-3H3. The highest BCUT2D eigenvalue weighted by Crippen LogP contribution is 2.12. The molecular weight excluding hydrogens is 228 g/mol. The molecule has 0 spiro atoms. The molecule has 0 saturated heterocycles. The number of benzene rings is 1. The first-order chi connectivity index (χ1) is 8.56. The van der Waals surface area contributed by atoms with E-state index in [2.05, 4.69) is 15.7 Å².